The first kappa shape index (κ1) is 21.4. The van der Waals surface area contributed by atoms with Crippen molar-refractivity contribution in [1.82, 2.24) is 20.2 Å². The van der Waals surface area contributed by atoms with Crippen LogP contribution in [-0.4, -0.2) is 26.1 Å². The summed E-state index contributed by atoms with van der Waals surface area (Å²) in [6, 6.07) is 24.9. The molecule has 8 nitrogen and oxygen atoms in total. The minimum absolute atomic E-state index is 0.217. The van der Waals surface area contributed by atoms with Crippen LogP contribution in [-0.2, 0) is 11.4 Å². The zero-order valence-corrected chi connectivity index (χ0v) is 18.9. The van der Waals surface area contributed by atoms with E-state index >= 15 is 0 Å². The third kappa shape index (κ3) is 4.38. The van der Waals surface area contributed by atoms with Crippen molar-refractivity contribution in [2.45, 2.75) is 26.5 Å². The van der Waals surface area contributed by atoms with Crippen molar-refractivity contribution >= 4 is 17.5 Å². The summed E-state index contributed by atoms with van der Waals surface area (Å²) >= 11 is 0. The Labute approximate surface area is 197 Å². The first-order valence-electron chi connectivity index (χ1n) is 11.0. The highest BCUT2D eigenvalue weighted by Crippen LogP contribution is 2.35. The lowest BCUT2D eigenvalue weighted by molar-refractivity contribution is -0.113. The molecular weight excluding hydrogens is 428 g/mol. The Morgan fingerprint density at radius 3 is 2.59 bits per heavy atom. The first-order chi connectivity index (χ1) is 16.6. The molecule has 0 saturated heterocycles. The molecule has 0 fully saturated rings. The Hall–Kier alpha value is -4.46. The number of allylic oxidation sites excluding steroid dienone is 1. The lowest BCUT2D eigenvalue weighted by Gasteiger charge is -2.28. The van der Waals surface area contributed by atoms with Crippen molar-refractivity contribution in [2.75, 3.05) is 10.6 Å². The number of nitrogens with zero attached hydrogens (tertiary/aromatic N) is 4. The molecule has 0 radical (unpaired) electrons. The molecule has 0 aliphatic carbocycles. The highest BCUT2D eigenvalue weighted by molar-refractivity contribution is 6.06. The average molecular weight is 453 g/mol. The standard InChI is InChI=1S/C26H24N6O2/c1-17-7-6-10-21(15-17)28-25(33)23-18(2)27-26-29-30-31-32(26)24(23)20-11-13-22(14-12-20)34-16-19-8-4-3-5-9-19/h3-15,24H,16H2,1-2H3,(H,28,33)(H,27,29,31). The molecule has 34 heavy (non-hydrogen) atoms. The number of benzene rings is 3. The first-order valence-corrected chi connectivity index (χ1v) is 11.0. The van der Waals surface area contributed by atoms with Crippen LogP contribution in [0.3, 0.4) is 0 Å². The molecule has 1 aliphatic rings. The van der Waals surface area contributed by atoms with Gasteiger partial charge in [-0.3, -0.25) is 4.79 Å². The molecule has 8 heteroatoms. The largest absolute Gasteiger partial charge is 0.489 e. The minimum atomic E-state index is -0.487. The van der Waals surface area contributed by atoms with Crippen LogP contribution in [0.2, 0.25) is 0 Å². The second kappa shape index (κ2) is 9.19. The predicted octanol–water partition coefficient (Wildman–Crippen LogP) is 4.49. The van der Waals surface area contributed by atoms with E-state index in [1.807, 2.05) is 92.7 Å². The van der Waals surface area contributed by atoms with Gasteiger partial charge in [0.25, 0.3) is 5.91 Å². The number of amides is 1. The molecule has 2 N–H and O–H groups in total. The van der Waals surface area contributed by atoms with Crippen molar-refractivity contribution in [1.29, 1.82) is 0 Å². The molecule has 2 heterocycles. The number of fused-ring (bicyclic) bond motifs is 1. The highest BCUT2D eigenvalue weighted by Gasteiger charge is 2.34. The van der Waals surface area contributed by atoms with E-state index in [1.165, 1.54) is 0 Å². The van der Waals surface area contributed by atoms with E-state index in [1.54, 1.807) is 4.68 Å². The van der Waals surface area contributed by atoms with Crippen LogP contribution in [0.1, 0.15) is 29.7 Å². The molecule has 0 spiro atoms. The van der Waals surface area contributed by atoms with E-state index in [0.29, 0.717) is 23.8 Å². The fourth-order valence-electron chi connectivity index (χ4n) is 4.02. The number of nitrogens with one attached hydrogen (secondary N) is 2. The van der Waals surface area contributed by atoms with E-state index in [9.17, 15) is 4.79 Å². The SMILES string of the molecule is CC1=C(C(=O)Nc2cccc(C)c2)C(c2ccc(OCc3ccccc3)cc2)n2nnnc2N1. The van der Waals surface area contributed by atoms with E-state index in [4.69, 9.17) is 4.74 Å². The fraction of sp³-hybridized carbons (Fsp3) is 0.154. The number of carbonyl (C=O) groups excluding carboxylic acids is 1. The van der Waals surface area contributed by atoms with Gasteiger partial charge in [-0.1, -0.05) is 59.7 Å². The van der Waals surface area contributed by atoms with Gasteiger partial charge in [0.05, 0.1) is 5.57 Å². The van der Waals surface area contributed by atoms with Gasteiger partial charge in [0.15, 0.2) is 0 Å². The minimum Gasteiger partial charge on any atom is -0.489 e. The summed E-state index contributed by atoms with van der Waals surface area (Å²) in [6.07, 6.45) is 0. The number of aryl methyl sites for hydroxylation is 1. The van der Waals surface area contributed by atoms with Gasteiger partial charge in [-0.2, -0.15) is 4.68 Å². The highest BCUT2D eigenvalue weighted by atomic mass is 16.5. The topological polar surface area (TPSA) is 94.0 Å². The van der Waals surface area contributed by atoms with Crippen molar-refractivity contribution < 1.29 is 9.53 Å². The van der Waals surface area contributed by atoms with E-state index < -0.39 is 6.04 Å². The molecular formula is C26H24N6O2. The normalized spacial score (nSPS) is 14.8. The fourth-order valence-corrected chi connectivity index (χ4v) is 4.02. The summed E-state index contributed by atoms with van der Waals surface area (Å²) in [5.41, 5.74) is 5.00. The van der Waals surface area contributed by atoms with E-state index in [0.717, 1.165) is 28.1 Å². The zero-order valence-electron chi connectivity index (χ0n) is 18.9. The Balaban J connectivity index is 1.42. The van der Waals surface area contributed by atoms with Crippen LogP contribution in [0.25, 0.3) is 0 Å². The van der Waals surface area contributed by atoms with Gasteiger partial charge in [0.2, 0.25) is 5.95 Å². The molecule has 1 aromatic heterocycles. The monoisotopic (exact) mass is 452 g/mol. The summed E-state index contributed by atoms with van der Waals surface area (Å²) in [4.78, 5) is 13.4. The average Bonchev–Trinajstić information content (AvgIpc) is 3.31. The predicted molar refractivity (Wildman–Crippen MR) is 129 cm³/mol. The Bertz CT molecular complexity index is 1350. The molecule has 3 aromatic carbocycles. The molecule has 1 unspecified atom stereocenters. The summed E-state index contributed by atoms with van der Waals surface area (Å²) in [6.45, 7) is 4.32. The van der Waals surface area contributed by atoms with E-state index in [2.05, 4.69) is 26.2 Å². The van der Waals surface area contributed by atoms with Gasteiger partial charge >= 0.3 is 0 Å². The van der Waals surface area contributed by atoms with Gasteiger partial charge in [0, 0.05) is 11.4 Å². The van der Waals surface area contributed by atoms with Crippen LogP contribution in [0.4, 0.5) is 11.6 Å². The number of aromatic nitrogens is 4. The van der Waals surface area contributed by atoms with E-state index in [-0.39, 0.29) is 5.91 Å². The molecule has 0 bridgehead atoms. The van der Waals surface area contributed by atoms with Gasteiger partial charge in [0.1, 0.15) is 18.4 Å². The number of hydrogen-bond acceptors (Lipinski definition) is 6. The number of rotatable bonds is 6. The maximum absolute atomic E-state index is 13.4. The molecule has 4 aromatic rings. The zero-order chi connectivity index (χ0) is 23.5. The van der Waals surface area contributed by atoms with Gasteiger partial charge in [-0.25, -0.2) is 0 Å². The number of tetrazole rings is 1. The molecule has 0 saturated carbocycles. The third-order valence-electron chi connectivity index (χ3n) is 5.68. The lowest BCUT2D eigenvalue weighted by Crippen LogP contribution is -2.31. The molecule has 1 atom stereocenters. The lowest BCUT2D eigenvalue weighted by atomic mass is 9.95. The number of anilines is 2. The second-order valence-corrected chi connectivity index (χ2v) is 8.18. The van der Waals surface area contributed by atoms with Crippen molar-refractivity contribution in [3.63, 3.8) is 0 Å². The molecule has 1 aliphatic heterocycles. The smallest absolute Gasteiger partial charge is 0.255 e. The van der Waals surface area contributed by atoms with Crippen LogP contribution < -0.4 is 15.4 Å². The van der Waals surface area contributed by atoms with Crippen molar-refractivity contribution in [2.24, 2.45) is 0 Å². The summed E-state index contributed by atoms with van der Waals surface area (Å²) in [5, 5.41) is 18.2. The van der Waals surface area contributed by atoms with Crippen LogP contribution in [0, 0.1) is 6.92 Å². The van der Waals surface area contributed by atoms with Crippen molar-refractivity contribution in [3.8, 4) is 5.75 Å². The molecule has 170 valence electrons. The van der Waals surface area contributed by atoms with Gasteiger partial charge < -0.3 is 15.4 Å². The van der Waals surface area contributed by atoms with Gasteiger partial charge in [-0.15, -0.1) is 0 Å². The molecule has 5 rings (SSSR count). The summed E-state index contributed by atoms with van der Waals surface area (Å²) < 4.78 is 7.55. The number of carbonyl (C=O) groups is 1. The number of ether oxygens (including phenoxy) is 1. The third-order valence-corrected chi connectivity index (χ3v) is 5.68. The number of hydrogen-bond donors (Lipinski definition) is 2. The van der Waals surface area contributed by atoms with Crippen LogP contribution in [0.5, 0.6) is 5.75 Å². The summed E-state index contributed by atoms with van der Waals surface area (Å²) in [7, 11) is 0. The van der Waals surface area contributed by atoms with Crippen LogP contribution >= 0.6 is 0 Å². The quantitative estimate of drug-likeness (QED) is 0.448. The Kier molecular flexibility index (Phi) is 5.78. The second-order valence-electron chi connectivity index (χ2n) is 8.18. The summed E-state index contributed by atoms with van der Waals surface area (Å²) in [5.74, 6) is 1.01. The Morgan fingerprint density at radius 2 is 1.82 bits per heavy atom. The Morgan fingerprint density at radius 1 is 1.03 bits per heavy atom. The maximum Gasteiger partial charge on any atom is 0.255 e. The maximum atomic E-state index is 13.4. The molecule has 1 amide bonds. The van der Waals surface area contributed by atoms with Gasteiger partial charge in [-0.05, 0) is 65.2 Å². The van der Waals surface area contributed by atoms with Crippen LogP contribution in [0.15, 0.2) is 90.1 Å². The van der Waals surface area contributed by atoms with Crippen molar-refractivity contribution in [3.05, 3.63) is 107 Å².